The molecule has 5 heteroatoms. The van der Waals surface area contributed by atoms with Crippen molar-refractivity contribution in [3.05, 3.63) is 40.2 Å². The molecule has 0 bridgehead atoms. The first-order valence-corrected chi connectivity index (χ1v) is 8.03. The zero-order chi connectivity index (χ0) is 16.2. The van der Waals surface area contributed by atoms with E-state index in [9.17, 15) is 14.7 Å². The lowest BCUT2D eigenvalue weighted by Gasteiger charge is -2.09. The van der Waals surface area contributed by atoms with Crippen molar-refractivity contribution in [2.75, 3.05) is 0 Å². The first-order chi connectivity index (χ1) is 11.1. The first-order valence-electron chi connectivity index (χ1n) is 8.03. The molecule has 0 unspecified atom stereocenters. The van der Waals surface area contributed by atoms with Gasteiger partial charge in [-0.05, 0) is 24.5 Å². The minimum atomic E-state index is -0.528. The minimum absolute atomic E-state index is 0.0198. The third-order valence-electron chi connectivity index (χ3n) is 4.43. The molecule has 122 valence electrons. The highest BCUT2D eigenvalue weighted by molar-refractivity contribution is 5.81. The summed E-state index contributed by atoms with van der Waals surface area (Å²) in [6.07, 6.45) is 6.24. The maximum absolute atomic E-state index is 11.9. The number of ether oxygens (including phenoxy) is 1. The van der Waals surface area contributed by atoms with Gasteiger partial charge in [-0.3, -0.25) is 4.79 Å². The van der Waals surface area contributed by atoms with Gasteiger partial charge in [0.25, 0.3) is 0 Å². The summed E-state index contributed by atoms with van der Waals surface area (Å²) >= 11 is 0. The molecule has 0 spiro atoms. The molecule has 3 rings (SSSR count). The van der Waals surface area contributed by atoms with E-state index in [1.54, 1.807) is 6.07 Å². The highest BCUT2D eigenvalue weighted by Crippen LogP contribution is 2.28. The number of esters is 1. The van der Waals surface area contributed by atoms with E-state index in [1.165, 1.54) is 43.9 Å². The van der Waals surface area contributed by atoms with Gasteiger partial charge in [-0.15, -0.1) is 0 Å². The lowest BCUT2D eigenvalue weighted by atomic mass is 10.0. The van der Waals surface area contributed by atoms with Gasteiger partial charge in [0.1, 0.15) is 17.9 Å². The summed E-state index contributed by atoms with van der Waals surface area (Å²) in [5, 5.41) is 10.1. The number of phenolic OH excluding ortho intramolecular Hbond substituents is 1. The van der Waals surface area contributed by atoms with E-state index < -0.39 is 5.63 Å². The predicted octanol–water partition coefficient (Wildman–Crippen LogP) is 3.51. The fraction of sp³-hybridized carbons (Fsp3) is 0.444. The molecule has 1 saturated carbocycles. The number of hydrogen-bond donors (Lipinski definition) is 1. The Morgan fingerprint density at radius 3 is 2.83 bits per heavy atom. The number of hydrogen-bond acceptors (Lipinski definition) is 5. The molecule has 0 radical (unpaired) electrons. The van der Waals surface area contributed by atoms with Crippen LogP contribution in [-0.2, 0) is 16.1 Å². The molecule has 23 heavy (non-hydrogen) atoms. The number of benzene rings is 1. The molecule has 1 aromatic carbocycles. The Morgan fingerprint density at radius 2 is 2.04 bits per heavy atom. The van der Waals surface area contributed by atoms with Crippen LogP contribution >= 0.6 is 0 Å². The molecule has 1 N–H and O–H groups in total. The summed E-state index contributed by atoms with van der Waals surface area (Å²) < 4.78 is 10.3. The molecule has 0 saturated heterocycles. The van der Waals surface area contributed by atoms with E-state index in [0.717, 1.165) is 6.42 Å². The average Bonchev–Trinajstić information content (AvgIpc) is 3.03. The van der Waals surface area contributed by atoms with Gasteiger partial charge in [0.15, 0.2) is 0 Å². The monoisotopic (exact) mass is 316 g/mol. The van der Waals surface area contributed by atoms with Crippen molar-refractivity contribution >= 4 is 16.9 Å². The Bertz CT molecular complexity index is 756. The Balaban J connectivity index is 1.64. The van der Waals surface area contributed by atoms with Crippen LogP contribution in [0.3, 0.4) is 0 Å². The van der Waals surface area contributed by atoms with E-state index in [4.69, 9.17) is 9.15 Å². The topological polar surface area (TPSA) is 76.7 Å². The molecule has 1 aliphatic carbocycles. The van der Waals surface area contributed by atoms with E-state index >= 15 is 0 Å². The van der Waals surface area contributed by atoms with Crippen LogP contribution in [0.4, 0.5) is 0 Å². The van der Waals surface area contributed by atoms with E-state index in [1.807, 2.05) is 0 Å². The Kier molecular flexibility index (Phi) is 4.65. The number of carbonyl (C=O) groups is 1. The van der Waals surface area contributed by atoms with Crippen molar-refractivity contribution in [3.8, 4) is 5.75 Å². The number of rotatable bonds is 5. The molecule has 0 aliphatic heterocycles. The molecule has 1 aromatic heterocycles. The zero-order valence-electron chi connectivity index (χ0n) is 12.9. The maximum Gasteiger partial charge on any atom is 0.336 e. The third-order valence-corrected chi connectivity index (χ3v) is 4.43. The third kappa shape index (κ3) is 3.92. The van der Waals surface area contributed by atoms with Crippen LogP contribution in [0.15, 0.2) is 33.5 Å². The Hall–Kier alpha value is -2.30. The van der Waals surface area contributed by atoms with Crippen LogP contribution in [0.5, 0.6) is 5.75 Å². The average molecular weight is 316 g/mol. The summed E-state index contributed by atoms with van der Waals surface area (Å²) in [6.45, 7) is 0.0381. The van der Waals surface area contributed by atoms with Gasteiger partial charge in [-0.25, -0.2) is 4.79 Å². The summed E-state index contributed by atoms with van der Waals surface area (Å²) in [4.78, 5) is 23.5. The van der Waals surface area contributed by atoms with E-state index in [2.05, 4.69) is 0 Å². The van der Waals surface area contributed by atoms with Crippen LogP contribution in [0.1, 0.15) is 44.1 Å². The summed E-state index contributed by atoms with van der Waals surface area (Å²) in [6, 6.07) is 5.86. The standard InChI is InChI=1S/C18H20O5/c19-14-6-7-15-13(9-18(21)23-16(15)10-14)11-22-17(20)8-5-12-3-1-2-4-12/h6-7,9-10,12,19H,1-5,8,11H2. The van der Waals surface area contributed by atoms with Crippen LogP contribution in [0.25, 0.3) is 11.0 Å². The predicted molar refractivity (Wildman–Crippen MR) is 85.1 cm³/mol. The van der Waals surface area contributed by atoms with Gasteiger partial charge < -0.3 is 14.3 Å². The van der Waals surface area contributed by atoms with Crippen molar-refractivity contribution in [2.24, 2.45) is 5.92 Å². The van der Waals surface area contributed by atoms with Crippen LogP contribution in [0.2, 0.25) is 0 Å². The Morgan fingerprint density at radius 1 is 1.26 bits per heavy atom. The second-order valence-corrected chi connectivity index (χ2v) is 6.12. The second-order valence-electron chi connectivity index (χ2n) is 6.12. The lowest BCUT2D eigenvalue weighted by molar-refractivity contribution is -0.145. The molecular weight excluding hydrogens is 296 g/mol. The van der Waals surface area contributed by atoms with Gasteiger partial charge in [0.2, 0.25) is 0 Å². The van der Waals surface area contributed by atoms with Gasteiger partial charge in [0.05, 0.1) is 0 Å². The highest BCUT2D eigenvalue weighted by atomic mass is 16.5. The number of fused-ring (bicyclic) bond motifs is 1. The van der Waals surface area contributed by atoms with Crippen molar-refractivity contribution in [1.82, 2.24) is 0 Å². The largest absolute Gasteiger partial charge is 0.508 e. The summed E-state index contributed by atoms with van der Waals surface area (Å²) in [5.41, 5.74) is 0.347. The summed E-state index contributed by atoms with van der Waals surface area (Å²) in [5.74, 6) is 0.429. The first kappa shape index (κ1) is 15.6. The van der Waals surface area contributed by atoms with E-state index in [0.29, 0.717) is 23.3 Å². The molecule has 1 heterocycles. The minimum Gasteiger partial charge on any atom is -0.508 e. The second kappa shape index (κ2) is 6.86. The molecular formula is C18H20O5. The zero-order valence-corrected chi connectivity index (χ0v) is 12.9. The molecule has 0 atom stereocenters. The fourth-order valence-corrected chi connectivity index (χ4v) is 3.19. The smallest absolute Gasteiger partial charge is 0.336 e. The van der Waals surface area contributed by atoms with Gasteiger partial charge in [-0.1, -0.05) is 25.7 Å². The lowest BCUT2D eigenvalue weighted by Crippen LogP contribution is -2.09. The van der Waals surface area contributed by atoms with E-state index in [-0.39, 0.29) is 23.9 Å². The highest BCUT2D eigenvalue weighted by Gasteiger charge is 2.17. The molecule has 5 nitrogen and oxygen atoms in total. The van der Waals surface area contributed by atoms with Crippen molar-refractivity contribution < 1.29 is 19.1 Å². The Labute approximate surface area is 133 Å². The van der Waals surface area contributed by atoms with Crippen molar-refractivity contribution in [1.29, 1.82) is 0 Å². The summed E-state index contributed by atoms with van der Waals surface area (Å²) in [7, 11) is 0. The SMILES string of the molecule is O=C(CCC1CCCC1)OCc1cc(=O)oc2cc(O)ccc12. The van der Waals surface area contributed by atoms with Crippen LogP contribution in [-0.4, -0.2) is 11.1 Å². The molecule has 2 aromatic rings. The van der Waals surface area contributed by atoms with Gasteiger partial charge >= 0.3 is 11.6 Å². The number of phenols is 1. The van der Waals surface area contributed by atoms with Crippen LogP contribution < -0.4 is 5.63 Å². The van der Waals surface area contributed by atoms with Crippen molar-refractivity contribution in [2.45, 2.75) is 45.1 Å². The van der Waals surface area contributed by atoms with Crippen molar-refractivity contribution in [3.63, 3.8) is 0 Å². The normalized spacial score (nSPS) is 15.1. The quantitative estimate of drug-likeness (QED) is 0.674. The molecule has 1 fully saturated rings. The van der Waals surface area contributed by atoms with Gasteiger partial charge in [-0.2, -0.15) is 0 Å². The van der Waals surface area contributed by atoms with Crippen LogP contribution in [0, 0.1) is 5.92 Å². The fourth-order valence-electron chi connectivity index (χ4n) is 3.19. The number of aromatic hydroxyl groups is 1. The molecule has 1 aliphatic rings. The maximum atomic E-state index is 11.9. The van der Waals surface area contributed by atoms with Gasteiger partial charge in [0, 0.05) is 29.5 Å². The number of carbonyl (C=O) groups excluding carboxylic acids is 1. The molecule has 0 amide bonds.